The Balaban J connectivity index is 0.00000162. The van der Waals surface area contributed by atoms with Gasteiger partial charge in [-0.1, -0.05) is 6.07 Å². The van der Waals surface area contributed by atoms with Gasteiger partial charge in [-0.05, 0) is 76.0 Å². The molecule has 0 aliphatic carbocycles. The highest BCUT2D eigenvalue weighted by Gasteiger charge is 2.18. The van der Waals surface area contributed by atoms with E-state index in [-0.39, 0.29) is 12.4 Å². The summed E-state index contributed by atoms with van der Waals surface area (Å²) in [4.78, 5) is 2.53. The monoisotopic (exact) mass is 396 g/mol. The first-order chi connectivity index (χ1) is 8.19. The normalized spacial score (nSPS) is 20.5. The summed E-state index contributed by atoms with van der Waals surface area (Å²) in [5.41, 5.74) is 1.37. The zero-order chi connectivity index (χ0) is 12.3. The van der Waals surface area contributed by atoms with Gasteiger partial charge in [0.2, 0.25) is 0 Å². The molecule has 0 bridgehead atoms. The quantitative estimate of drug-likeness (QED) is 0.833. The minimum atomic E-state index is 0. The van der Waals surface area contributed by atoms with E-state index in [1.165, 1.54) is 24.9 Å². The van der Waals surface area contributed by atoms with Gasteiger partial charge in [-0.15, -0.1) is 12.4 Å². The Hall–Kier alpha value is 0.390. The molecule has 0 spiro atoms. The van der Waals surface area contributed by atoms with Crippen LogP contribution in [0.4, 0.5) is 0 Å². The smallest absolute Gasteiger partial charge is 0.0320 e. The highest BCUT2D eigenvalue weighted by atomic mass is 79.9. The topological polar surface area (TPSA) is 15.3 Å². The lowest BCUT2D eigenvalue weighted by molar-refractivity contribution is 0.188. The van der Waals surface area contributed by atoms with Crippen LogP contribution < -0.4 is 5.32 Å². The first kappa shape index (κ1) is 16.4. The molecule has 1 aliphatic rings. The van der Waals surface area contributed by atoms with Crippen LogP contribution in [0.5, 0.6) is 0 Å². The SMILES string of the molecule is CNC1CCCN(Cc2ccc(Br)c(Br)c2)C1.Cl. The van der Waals surface area contributed by atoms with E-state index in [0.717, 1.165) is 22.0 Å². The minimum absolute atomic E-state index is 0. The molecule has 5 heteroatoms. The third-order valence-electron chi connectivity index (χ3n) is 3.30. The molecule has 1 heterocycles. The number of piperidine rings is 1. The van der Waals surface area contributed by atoms with Gasteiger partial charge in [-0.2, -0.15) is 0 Å². The van der Waals surface area contributed by atoms with Crippen molar-refractivity contribution in [2.24, 2.45) is 0 Å². The molecule has 1 aromatic rings. The second-order valence-electron chi connectivity index (χ2n) is 4.61. The highest BCUT2D eigenvalue weighted by Crippen LogP contribution is 2.24. The summed E-state index contributed by atoms with van der Waals surface area (Å²) in [6.45, 7) is 3.42. The van der Waals surface area contributed by atoms with E-state index in [1.54, 1.807) is 0 Å². The van der Waals surface area contributed by atoms with Gasteiger partial charge in [-0.3, -0.25) is 4.90 Å². The molecule has 2 rings (SSSR count). The van der Waals surface area contributed by atoms with Crippen LogP contribution in [-0.4, -0.2) is 31.1 Å². The molecule has 0 saturated carbocycles. The van der Waals surface area contributed by atoms with Gasteiger partial charge in [0.1, 0.15) is 0 Å². The van der Waals surface area contributed by atoms with Crippen molar-refractivity contribution in [2.75, 3.05) is 20.1 Å². The number of likely N-dealkylation sites (tertiary alicyclic amines) is 1. The van der Waals surface area contributed by atoms with Gasteiger partial charge >= 0.3 is 0 Å². The lowest BCUT2D eigenvalue weighted by atomic mass is 10.1. The fourth-order valence-corrected chi connectivity index (χ4v) is 3.00. The van der Waals surface area contributed by atoms with Crippen molar-refractivity contribution < 1.29 is 0 Å². The van der Waals surface area contributed by atoms with Crippen LogP contribution in [-0.2, 0) is 6.54 Å². The molecular formula is C13H19Br2ClN2. The number of hydrogen-bond donors (Lipinski definition) is 1. The fraction of sp³-hybridized carbons (Fsp3) is 0.538. The van der Waals surface area contributed by atoms with Crippen molar-refractivity contribution in [3.63, 3.8) is 0 Å². The Bertz CT molecular complexity index is 387. The van der Waals surface area contributed by atoms with Crippen molar-refractivity contribution in [2.45, 2.75) is 25.4 Å². The van der Waals surface area contributed by atoms with Gasteiger partial charge in [-0.25, -0.2) is 0 Å². The Morgan fingerprint density at radius 3 is 2.78 bits per heavy atom. The molecule has 1 unspecified atom stereocenters. The zero-order valence-electron chi connectivity index (χ0n) is 10.5. The van der Waals surface area contributed by atoms with Crippen molar-refractivity contribution in [3.05, 3.63) is 32.7 Å². The predicted molar refractivity (Wildman–Crippen MR) is 86.4 cm³/mol. The van der Waals surface area contributed by atoms with E-state index < -0.39 is 0 Å². The number of hydrogen-bond acceptors (Lipinski definition) is 2. The van der Waals surface area contributed by atoms with Crippen LogP contribution in [0.3, 0.4) is 0 Å². The largest absolute Gasteiger partial charge is 0.316 e. The lowest BCUT2D eigenvalue weighted by Crippen LogP contribution is -2.43. The van der Waals surface area contributed by atoms with Gasteiger partial charge in [0.25, 0.3) is 0 Å². The second-order valence-corrected chi connectivity index (χ2v) is 6.32. The molecule has 0 amide bonds. The van der Waals surface area contributed by atoms with Gasteiger partial charge in [0.15, 0.2) is 0 Å². The highest BCUT2D eigenvalue weighted by molar-refractivity contribution is 9.13. The predicted octanol–water partition coefficient (Wildman–Crippen LogP) is 3.82. The van der Waals surface area contributed by atoms with Crippen LogP contribution in [0.1, 0.15) is 18.4 Å². The molecule has 2 nitrogen and oxygen atoms in total. The maximum Gasteiger partial charge on any atom is 0.0320 e. The van der Waals surface area contributed by atoms with E-state index in [4.69, 9.17) is 0 Å². The van der Waals surface area contributed by atoms with Gasteiger partial charge < -0.3 is 5.32 Å². The number of nitrogens with one attached hydrogen (secondary N) is 1. The molecule has 0 radical (unpaired) electrons. The molecular weight excluding hydrogens is 379 g/mol. The molecule has 1 N–H and O–H groups in total. The summed E-state index contributed by atoms with van der Waals surface area (Å²) >= 11 is 7.06. The van der Waals surface area contributed by atoms with E-state index in [1.807, 2.05) is 0 Å². The summed E-state index contributed by atoms with van der Waals surface area (Å²) in [6, 6.07) is 7.16. The Morgan fingerprint density at radius 2 is 2.11 bits per heavy atom. The van der Waals surface area contributed by atoms with Crippen molar-refractivity contribution in [1.82, 2.24) is 10.2 Å². The molecule has 1 aliphatic heterocycles. The summed E-state index contributed by atoms with van der Waals surface area (Å²) in [5.74, 6) is 0. The summed E-state index contributed by atoms with van der Waals surface area (Å²) in [7, 11) is 2.06. The van der Waals surface area contributed by atoms with Crippen molar-refractivity contribution in [3.8, 4) is 0 Å². The average Bonchev–Trinajstić information content (AvgIpc) is 2.34. The number of halogens is 3. The van der Waals surface area contributed by atoms with E-state index in [9.17, 15) is 0 Å². The van der Waals surface area contributed by atoms with Gasteiger partial charge in [0, 0.05) is 28.1 Å². The molecule has 0 aromatic heterocycles. The number of benzene rings is 1. The summed E-state index contributed by atoms with van der Waals surface area (Å²) < 4.78 is 2.25. The van der Waals surface area contributed by atoms with Crippen LogP contribution >= 0.6 is 44.3 Å². The second kappa shape index (κ2) is 7.85. The Labute approximate surface area is 132 Å². The van der Waals surface area contributed by atoms with Crippen molar-refractivity contribution in [1.29, 1.82) is 0 Å². The number of likely N-dealkylation sites (N-methyl/N-ethyl adjacent to an activating group) is 1. The minimum Gasteiger partial charge on any atom is -0.316 e. The van der Waals surface area contributed by atoms with Crippen LogP contribution in [0.2, 0.25) is 0 Å². The number of nitrogens with zero attached hydrogens (tertiary/aromatic N) is 1. The molecule has 18 heavy (non-hydrogen) atoms. The lowest BCUT2D eigenvalue weighted by Gasteiger charge is -2.32. The van der Waals surface area contributed by atoms with Gasteiger partial charge in [0.05, 0.1) is 0 Å². The fourth-order valence-electron chi connectivity index (χ4n) is 2.33. The van der Waals surface area contributed by atoms with E-state index in [0.29, 0.717) is 6.04 Å². The maximum atomic E-state index is 3.56. The first-order valence-corrected chi connectivity index (χ1v) is 7.61. The average molecular weight is 399 g/mol. The summed E-state index contributed by atoms with van der Waals surface area (Å²) in [6.07, 6.45) is 2.60. The molecule has 1 atom stereocenters. The van der Waals surface area contributed by atoms with Crippen molar-refractivity contribution >= 4 is 44.3 Å². The molecule has 1 saturated heterocycles. The Kier molecular flexibility index (Phi) is 7.17. The third kappa shape index (κ3) is 4.49. The molecule has 1 aromatic carbocycles. The first-order valence-electron chi connectivity index (χ1n) is 6.02. The summed E-state index contributed by atoms with van der Waals surface area (Å²) in [5, 5.41) is 3.38. The van der Waals surface area contributed by atoms with Crippen LogP contribution in [0, 0.1) is 0 Å². The molecule has 102 valence electrons. The maximum absolute atomic E-state index is 3.56. The number of rotatable bonds is 3. The third-order valence-corrected chi connectivity index (χ3v) is 5.18. The zero-order valence-corrected chi connectivity index (χ0v) is 14.4. The van der Waals surface area contributed by atoms with E-state index >= 15 is 0 Å². The Morgan fingerprint density at radius 1 is 1.33 bits per heavy atom. The standard InChI is InChI=1S/C13H18Br2N2.ClH/c1-16-11-3-2-6-17(9-11)8-10-4-5-12(14)13(15)7-10;/h4-5,7,11,16H,2-3,6,8-9H2,1H3;1H. The van der Waals surface area contributed by atoms with Crippen LogP contribution in [0.15, 0.2) is 27.1 Å². The molecule has 1 fully saturated rings. The van der Waals surface area contributed by atoms with E-state index in [2.05, 4.69) is 67.3 Å². The van der Waals surface area contributed by atoms with Crippen LogP contribution in [0.25, 0.3) is 0 Å².